The zero-order valence-electron chi connectivity index (χ0n) is 12.7. The number of rotatable bonds is 3. The van der Waals surface area contributed by atoms with E-state index in [0.29, 0.717) is 6.04 Å². The molecule has 2 heterocycles. The fraction of sp³-hybridized carbons (Fsp3) is 0.647. The summed E-state index contributed by atoms with van der Waals surface area (Å²) in [6, 6.07) is 11.3. The van der Waals surface area contributed by atoms with E-state index in [4.69, 9.17) is 4.74 Å². The first-order chi connectivity index (χ1) is 9.76. The van der Waals surface area contributed by atoms with E-state index in [-0.39, 0.29) is 5.60 Å². The molecule has 1 aromatic carbocycles. The van der Waals surface area contributed by atoms with Gasteiger partial charge in [0.1, 0.15) is 5.60 Å². The van der Waals surface area contributed by atoms with Crippen LogP contribution < -0.4 is 0 Å². The van der Waals surface area contributed by atoms with E-state index < -0.39 is 0 Å². The summed E-state index contributed by atoms with van der Waals surface area (Å²) in [6.07, 6.45) is 3.73. The van der Waals surface area contributed by atoms with Crippen LogP contribution in [-0.4, -0.2) is 56.2 Å². The molecule has 0 saturated carbocycles. The number of methoxy groups -OCH3 is 1. The summed E-state index contributed by atoms with van der Waals surface area (Å²) >= 11 is 0. The predicted octanol–water partition coefficient (Wildman–Crippen LogP) is 2.33. The van der Waals surface area contributed by atoms with Crippen LogP contribution in [-0.2, 0) is 10.3 Å². The van der Waals surface area contributed by atoms with Gasteiger partial charge in [-0.3, -0.25) is 4.90 Å². The minimum absolute atomic E-state index is 0.141. The first kappa shape index (κ1) is 14.1. The Bertz CT molecular complexity index is 430. The van der Waals surface area contributed by atoms with Crippen LogP contribution in [0, 0.1) is 0 Å². The van der Waals surface area contributed by atoms with Crippen molar-refractivity contribution in [2.24, 2.45) is 0 Å². The average molecular weight is 274 g/mol. The molecule has 0 spiro atoms. The standard InChI is InChI=1S/C17H26N2O/c1-18-13-10-17(20-2,15-8-4-3-5-9-15)16(14-18)19-11-6-7-12-19/h3-5,8-9,16H,6-7,10-14H2,1-2H3. The van der Waals surface area contributed by atoms with Crippen LogP contribution in [0.1, 0.15) is 24.8 Å². The molecule has 0 aromatic heterocycles. The van der Waals surface area contributed by atoms with Crippen LogP contribution in [0.5, 0.6) is 0 Å². The molecule has 2 saturated heterocycles. The molecule has 0 aliphatic carbocycles. The lowest BCUT2D eigenvalue weighted by Crippen LogP contribution is -2.60. The molecule has 2 fully saturated rings. The Morgan fingerprint density at radius 1 is 1.10 bits per heavy atom. The monoisotopic (exact) mass is 274 g/mol. The molecule has 0 amide bonds. The maximum Gasteiger partial charge on any atom is 0.111 e. The summed E-state index contributed by atoms with van der Waals surface area (Å²) in [4.78, 5) is 5.09. The number of benzene rings is 1. The summed E-state index contributed by atoms with van der Waals surface area (Å²) in [5.74, 6) is 0. The van der Waals surface area contributed by atoms with Gasteiger partial charge in [0.25, 0.3) is 0 Å². The van der Waals surface area contributed by atoms with Crippen molar-refractivity contribution in [3.8, 4) is 0 Å². The molecule has 0 bridgehead atoms. The highest BCUT2D eigenvalue weighted by Gasteiger charge is 2.47. The number of likely N-dealkylation sites (N-methyl/N-ethyl adjacent to an activating group) is 1. The van der Waals surface area contributed by atoms with Crippen LogP contribution in [0.4, 0.5) is 0 Å². The van der Waals surface area contributed by atoms with Crippen molar-refractivity contribution >= 4 is 0 Å². The molecule has 2 unspecified atom stereocenters. The van der Waals surface area contributed by atoms with E-state index in [1.54, 1.807) is 0 Å². The first-order valence-electron chi connectivity index (χ1n) is 7.79. The molecule has 0 radical (unpaired) electrons. The van der Waals surface area contributed by atoms with Crippen LogP contribution in [0.25, 0.3) is 0 Å². The van der Waals surface area contributed by atoms with E-state index in [1.165, 1.54) is 31.5 Å². The quantitative estimate of drug-likeness (QED) is 0.841. The van der Waals surface area contributed by atoms with Gasteiger partial charge in [-0.05, 0) is 45.0 Å². The highest BCUT2D eigenvalue weighted by atomic mass is 16.5. The summed E-state index contributed by atoms with van der Waals surface area (Å²) in [5, 5.41) is 0. The Hall–Kier alpha value is -0.900. The van der Waals surface area contributed by atoms with Gasteiger partial charge in [-0.2, -0.15) is 0 Å². The fourth-order valence-electron chi connectivity index (χ4n) is 3.93. The van der Waals surface area contributed by atoms with Gasteiger partial charge in [-0.25, -0.2) is 0 Å². The SMILES string of the molecule is COC1(c2ccccc2)CCN(C)CC1N1CCCC1. The van der Waals surface area contributed by atoms with Gasteiger partial charge in [0.2, 0.25) is 0 Å². The molecule has 3 rings (SSSR count). The van der Waals surface area contributed by atoms with Crippen molar-refractivity contribution in [1.82, 2.24) is 9.80 Å². The average Bonchev–Trinajstić information content (AvgIpc) is 3.02. The van der Waals surface area contributed by atoms with Gasteiger partial charge in [-0.15, -0.1) is 0 Å². The van der Waals surface area contributed by atoms with Gasteiger partial charge < -0.3 is 9.64 Å². The molecule has 2 aliphatic heterocycles. The number of likely N-dealkylation sites (tertiary alicyclic amines) is 2. The van der Waals surface area contributed by atoms with Crippen molar-refractivity contribution in [2.45, 2.75) is 30.9 Å². The Kier molecular flexibility index (Phi) is 4.11. The Morgan fingerprint density at radius 3 is 2.45 bits per heavy atom. The van der Waals surface area contributed by atoms with Gasteiger partial charge >= 0.3 is 0 Å². The topological polar surface area (TPSA) is 15.7 Å². The smallest absolute Gasteiger partial charge is 0.111 e. The van der Waals surface area contributed by atoms with E-state index >= 15 is 0 Å². The third kappa shape index (κ3) is 2.39. The first-order valence-corrected chi connectivity index (χ1v) is 7.79. The zero-order chi connectivity index (χ0) is 14.0. The number of nitrogens with zero attached hydrogens (tertiary/aromatic N) is 2. The highest BCUT2D eigenvalue weighted by molar-refractivity contribution is 5.26. The Labute approximate surface area is 122 Å². The minimum Gasteiger partial charge on any atom is -0.372 e. The lowest BCUT2D eigenvalue weighted by molar-refractivity contribution is -0.116. The Balaban J connectivity index is 1.96. The number of hydrogen-bond acceptors (Lipinski definition) is 3. The zero-order valence-corrected chi connectivity index (χ0v) is 12.7. The largest absolute Gasteiger partial charge is 0.372 e. The second-order valence-electron chi connectivity index (χ2n) is 6.23. The maximum atomic E-state index is 6.17. The van der Waals surface area contributed by atoms with Gasteiger partial charge in [-0.1, -0.05) is 30.3 Å². The number of hydrogen-bond donors (Lipinski definition) is 0. The van der Waals surface area contributed by atoms with E-state index in [2.05, 4.69) is 47.2 Å². The lowest BCUT2D eigenvalue weighted by atomic mass is 9.79. The summed E-state index contributed by atoms with van der Waals surface area (Å²) in [7, 11) is 4.12. The molecule has 2 atom stereocenters. The van der Waals surface area contributed by atoms with E-state index in [9.17, 15) is 0 Å². The second kappa shape index (κ2) is 5.84. The molecule has 1 aromatic rings. The number of piperidine rings is 1. The summed E-state index contributed by atoms with van der Waals surface area (Å²) in [5.41, 5.74) is 1.20. The van der Waals surface area contributed by atoms with Gasteiger partial charge in [0.05, 0.1) is 6.04 Å². The normalized spacial score (nSPS) is 32.6. The van der Waals surface area contributed by atoms with Crippen molar-refractivity contribution in [1.29, 1.82) is 0 Å². The van der Waals surface area contributed by atoms with Crippen LogP contribution in [0.15, 0.2) is 30.3 Å². The molecular formula is C17H26N2O. The maximum absolute atomic E-state index is 6.17. The molecule has 3 nitrogen and oxygen atoms in total. The fourth-order valence-corrected chi connectivity index (χ4v) is 3.93. The summed E-state index contributed by atoms with van der Waals surface area (Å²) < 4.78 is 6.17. The Morgan fingerprint density at radius 2 is 1.80 bits per heavy atom. The van der Waals surface area contributed by atoms with Crippen LogP contribution in [0.3, 0.4) is 0 Å². The second-order valence-corrected chi connectivity index (χ2v) is 6.23. The van der Waals surface area contributed by atoms with Gasteiger partial charge in [0.15, 0.2) is 0 Å². The highest BCUT2D eigenvalue weighted by Crippen LogP contribution is 2.39. The van der Waals surface area contributed by atoms with Crippen LogP contribution >= 0.6 is 0 Å². The van der Waals surface area contributed by atoms with Crippen molar-refractivity contribution < 1.29 is 4.74 Å². The summed E-state index contributed by atoms with van der Waals surface area (Å²) in [6.45, 7) is 4.64. The number of ether oxygens (including phenoxy) is 1. The molecule has 110 valence electrons. The molecule has 0 N–H and O–H groups in total. The van der Waals surface area contributed by atoms with E-state index in [0.717, 1.165) is 19.5 Å². The van der Waals surface area contributed by atoms with Crippen molar-refractivity contribution in [3.63, 3.8) is 0 Å². The molecule has 3 heteroatoms. The van der Waals surface area contributed by atoms with Crippen molar-refractivity contribution in [2.75, 3.05) is 40.3 Å². The third-order valence-electron chi connectivity index (χ3n) is 5.10. The van der Waals surface area contributed by atoms with Crippen molar-refractivity contribution in [3.05, 3.63) is 35.9 Å². The molecule has 2 aliphatic rings. The van der Waals surface area contributed by atoms with E-state index in [1.807, 2.05) is 7.11 Å². The molecular weight excluding hydrogens is 248 g/mol. The third-order valence-corrected chi connectivity index (χ3v) is 5.10. The predicted molar refractivity (Wildman–Crippen MR) is 81.8 cm³/mol. The lowest BCUT2D eigenvalue weighted by Gasteiger charge is -2.50. The van der Waals surface area contributed by atoms with Crippen LogP contribution in [0.2, 0.25) is 0 Å². The minimum atomic E-state index is -0.141. The van der Waals surface area contributed by atoms with Gasteiger partial charge in [0, 0.05) is 20.2 Å². The molecule has 20 heavy (non-hydrogen) atoms.